The fraction of sp³-hybridized carbons (Fsp3) is 0.400. The minimum Gasteiger partial charge on any atom is -0.426 e. The zero-order chi connectivity index (χ0) is 7.40. The van der Waals surface area contributed by atoms with Crippen LogP contribution in [0, 0.1) is 0 Å². The van der Waals surface area contributed by atoms with E-state index in [1.165, 1.54) is 13.3 Å². The Morgan fingerprint density at radius 1 is 1.90 bits per heavy atom. The molecule has 0 unspecified atom stereocenters. The predicted molar refractivity (Wildman–Crippen MR) is 31.8 cm³/mol. The topological polar surface area (TPSA) is 68.0 Å². The number of hydrogen-bond donors (Lipinski definition) is 1. The molecule has 0 spiro atoms. The van der Waals surface area contributed by atoms with Gasteiger partial charge in [0.25, 0.3) is 0 Å². The zero-order valence-corrected chi connectivity index (χ0v) is 5.50. The number of rotatable bonds is 2. The molecule has 0 radical (unpaired) electrons. The second kappa shape index (κ2) is 2.95. The molecule has 0 saturated heterocycles. The van der Waals surface area contributed by atoms with Crippen LogP contribution >= 0.6 is 0 Å². The Hall–Kier alpha value is -1.39. The number of nitrogens with zero attached hydrogens (tertiary/aromatic N) is 2. The fourth-order valence-electron chi connectivity index (χ4n) is 0.473. The quantitative estimate of drug-likeness (QED) is 0.614. The lowest BCUT2D eigenvalue weighted by Gasteiger charge is -1.93. The van der Waals surface area contributed by atoms with E-state index in [-0.39, 0.29) is 5.91 Å². The summed E-state index contributed by atoms with van der Waals surface area (Å²) >= 11 is 0. The van der Waals surface area contributed by atoms with Crippen LogP contribution in [-0.4, -0.2) is 16.1 Å². The molecule has 0 saturated carbocycles. The number of amides is 1. The molecule has 1 aromatic heterocycles. The average Bonchev–Trinajstić information content (AvgIpc) is 2.34. The van der Waals surface area contributed by atoms with Gasteiger partial charge in [-0.15, -0.1) is 10.2 Å². The number of hydrogen-bond acceptors (Lipinski definition) is 4. The van der Waals surface area contributed by atoms with E-state index in [9.17, 15) is 4.79 Å². The molecule has 1 rings (SSSR count). The molecule has 1 heterocycles. The maximum Gasteiger partial charge on any atom is 0.235 e. The van der Waals surface area contributed by atoms with Gasteiger partial charge in [0, 0.05) is 6.92 Å². The summed E-state index contributed by atoms with van der Waals surface area (Å²) in [6.45, 7) is 1.73. The highest BCUT2D eigenvalue weighted by Crippen LogP contribution is 1.88. The van der Waals surface area contributed by atoms with Gasteiger partial charge in [0.15, 0.2) is 0 Å². The van der Waals surface area contributed by atoms with Crippen LogP contribution in [0.3, 0.4) is 0 Å². The summed E-state index contributed by atoms with van der Waals surface area (Å²) in [6.07, 6.45) is 1.22. The molecule has 1 amide bonds. The Labute approximate surface area is 57.4 Å². The lowest BCUT2D eigenvalue weighted by Crippen LogP contribution is -2.18. The van der Waals surface area contributed by atoms with E-state index in [1.807, 2.05) is 0 Å². The largest absolute Gasteiger partial charge is 0.426 e. The molecule has 0 bridgehead atoms. The third kappa shape index (κ3) is 1.85. The second-order valence-corrected chi connectivity index (χ2v) is 1.74. The standard InChI is InChI=1S/C5H7N3O2/c1-4(9)6-2-5-8-7-3-10-5/h3H,2H2,1H3,(H,6,9). The monoisotopic (exact) mass is 141 g/mol. The van der Waals surface area contributed by atoms with Crippen molar-refractivity contribution in [1.29, 1.82) is 0 Å². The summed E-state index contributed by atoms with van der Waals surface area (Å²) in [7, 11) is 0. The van der Waals surface area contributed by atoms with E-state index in [2.05, 4.69) is 15.5 Å². The summed E-state index contributed by atoms with van der Waals surface area (Å²) < 4.78 is 4.75. The summed E-state index contributed by atoms with van der Waals surface area (Å²) in [4.78, 5) is 10.3. The van der Waals surface area contributed by atoms with Crippen molar-refractivity contribution in [3.8, 4) is 0 Å². The lowest BCUT2D eigenvalue weighted by molar-refractivity contribution is -0.119. The van der Waals surface area contributed by atoms with Crippen molar-refractivity contribution < 1.29 is 9.21 Å². The van der Waals surface area contributed by atoms with Crippen LogP contribution in [0.1, 0.15) is 12.8 Å². The summed E-state index contributed by atoms with van der Waals surface area (Å²) in [6, 6.07) is 0. The van der Waals surface area contributed by atoms with Crippen molar-refractivity contribution in [3.63, 3.8) is 0 Å². The van der Waals surface area contributed by atoms with Gasteiger partial charge in [-0.05, 0) is 0 Å². The Morgan fingerprint density at radius 3 is 3.20 bits per heavy atom. The number of carbonyl (C=O) groups is 1. The molecule has 0 atom stereocenters. The van der Waals surface area contributed by atoms with Crippen LogP contribution in [0.25, 0.3) is 0 Å². The normalized spacial score (nSPS) is 9.30. The molecule has 0 aromatic carbocycles. The van der Waals surface area contributed by atoms with E-state index in [0.717, 1.165) is 0 Å². The van der Waals surface area contributed by atoms with Crippen molar-refractivity contribution in [1.82, 2.24) is 15.5 Å². The van der Waals surface area contributed by atoms with Crippen LogP contribution < -0.4 is 5.32 Å². The molecule has 54 valence electrons. The Bertz CT molecular complexity index is 207. The fourth-order valence-corrected chi connectivity index (χ4v) is 0.473. The molecular formula is C5H7N3O2. The molecule has 10 heavy (non-hydrogen) atoms. The van der Waals surface area contributed by atoms with Crippen molar-refractivity contribution in [3.05, 3.63) is 12.3 Å². The highest BCUT2D eigenvalue weighted by molar-refractivity contribution is 5.72. The van der Waals surface area contributed by atoms with Gasteiger partial charge in [0.05, 0.1) is 6.54 Å². The van der Waals surface area contributed by atoms with Crippen LogP contribution in [0.15, 0.2) is 10.8 Å². The smallest absolute Gasteiger partial charge is 0.235 e. The van der Waals surface area contributed by atoms with Gasteiger partial charge < -0.3 is 9.73 Å². The molecule has 5 nitrogen and oxygen atoms in total. The molecule has 0 aliphatic carbocycles. The van der Waals surface area contributed by atoms with Gasteiger partial charge in [-0.25, -0.2) is 0 Å². The van der Waals surface area contributed by atoms with Crippen molar-refractivity contribution in [2.45, 2.75) is 13.5 Å². The van der Waals surface area contributed by atoms with Crippen molar-refractivity contribution in [2.75, 3.05) is 0 Å². The summed E-state index contributed by atoms with van der Waals surface area (Å²) in [5, 5.41) is 9.50. The highest BCUT2D eigenvalue weighted by Gasteiger charge is 1.97. The lowest BCUT2D eigenvalue weighted by atomic mass is 10.6. The van der Waals surface area contributed by atoms with Crippen molar-refractivity contribution in [2.24, 2.45) is 0 Å². The molecule has 0 aliphatic rings. The maximum absolute atomic E-state index is 10.3. The molecule has 5 heteroatoms. The van der Waals surface area contributed by atoms with Crippen LogP contribution in [0.2, 0.25) is 0 Å². The first-order chi connectivity index (χ1) is 4.79. The van der Waals surface area contributed by atoms with Crippen molar-refractivity contribution >= 4 is 5.91 Å². The van der Waals surface area contributed by atoms with Gasteiger partial charge in [-0.3, -0.25) is 4.79 Å². The number of carbonyl (C=O) groups excluding carboxylic acids is 1. The molecule has 1 aromatic rings. The van der Waals surface area contributed by atoms with E-state index in [0.29, 0.717) is 12.4 Å². The minimum absolute atomic E-state index is 0.113. The average molecular weight is 141 g/mol. The molecule has 1 N–H and O–H groups in total. The Kier molecular flexibility index (Phi) is 1.99. The number of aromatic nitrogens is 2. The van der Waals surface area contributed by atoms with E-state index in [1.54, 1.807) is 0 Å². The van der Waals surface area contributed by atoms with E-state index in [4.69, 9.17) is 4.42 Å². The molecular weight excluding hydrogens is 134 g/mol. The number of nitrogens with one attached hydrogen (secondary N) is 1. The summed E-state index contributed by atoms with van der Waals surface area (Å²) in [5.41, 5.74) is 0. The Morgan fingerprint density at radius 2 is 2.70 bits per heavy atom. The SMILES string of the molecule is CC(=O)NCc1nnco1. The first-order valence-electron chi connectivity index (χ1n) is 2.78. The molecule has 0 aliphatic heterocycles. The Balaban J connectivity index is 2.35. The van der Waals surface area contributed by atoms with Gasteiger partial charge >= 0.3 is 0 Å². The summed E-state index contributed by atoms with van der Waals surface area (Å²) in [5.74, 6) is 0.299. The van der Waals surface area contributed by atoms with Crippen LogP contribution in [-0.2, 0) is 11.3 Å². The van der Waals surface area contributed by atoms with E-state index >= 15 is 0 Å². The van der Waals surface area contributed by atoms with Crippen LogP contribution in [0.5, 0.6) is 0 Å². The predicted octanol–water partition coefficient (Wildman–Crippen LogP) is -0.294. The van der Waals surface area contributed by atoms with Gasteiger partial charge in [0.1, 0.15) is 0 Å². The minimum atomic E-state index is -0.113. The third-order valence-electron chi connectivity index (χ3n) is 0.894. The first-order valence-corrected chi connectivity index (χ1v) is 2.78. The van der Waals surface area contributed by atoms with Gasteiger partial charge in [-0.1, -0.05) is 0 Å². The van der Waals surface area contributed by atoms with Crippen LogP contribution in [0.4, 0.5) is 0 Å². The van der Waals surface area contributed by atoms with Gasteiger partial charge in [-0.2, -0.15) is 0 Å². The van der Waals surface area contributed by atoms with Gasteiger partial charge in [0.2, 0.25) is 18.2 Å². The highest BCUT2D eigenvalue weighted by atomic mass is 16.4. The second-order valence-electron chi connectivity index (χ2n) is 1.74. The molecule has 0 fully saturated rings. The van der Waals surface area contributed by atoms with E-state index < -0.39 is 0 Å². The third-order valence-corrected chi connectivity index (χ3v) is 0.894. The maximum atomic E-state index is 10.3. The zero-order valence-electron chi connectivity index (χ0n) is 5.50. The first kappa shape index (κ1) is 6.73.